The number of hydrogen-bond acceptors (Lipinski definition) is 3. The molecule has 1 aliphatic rings. The van der Waals surface area contributed by atoms with Crippen molar-refractivity contribution < 1.29 is 13.9 Å². The maximum Gasteiger partial charge on any atom is 0.232 e. The summed E-state index contributed by atoms with van der Waals surface area (Å²) in [6.07, 6.45) is -0.180. The third-order valence-electron chi connectivity index (χ3n) is 4.24. The third kappa shape index (κ3) is 5.06. The van der Waals surface area contributed by atoms with Crippen LogP contribution in [0.15, 0.2) is 48.5 Å². The van der Waals surface area contributed by atoms with Gasteiger partial charge in [0, 0.05) is 12.3 Å². The van der Waals surface area contributed by atoms with E-state index in [2.05, 4.69) is 25.1 Å². The summed E-state index contributed by atoms with van der Waals surface area (Å²) in [5, 5.41) is 0. The molecule has 1 unspecified atom stereocenters. The normalized spacial score (nSPS) is 17.5. The van der Waals surface area contributed by atoms with E-state index in [9.17, 15) is 9.18 Å². The zero-order chi connectivity index (χ0) is 17.6. The van der Waals surface area contributed by atoms with Gasteiger partial charge in [-0.1, -0.05) is 42.0 Å². The number of halogens is 1. The van der Waals surface area contributed by atoms with Gasteiger partial charge in [0.2, 0.25) is 5.91 Å². The molecule has 0 saturated carbocycles. The van der Waals surface area contributed by atoms with Crippen molar-refractivity contribution in [3.8, 4) is 0 Å². The molecule has 0 spiro atoms. The highest BCUT2D eigenvalue weighted by Crippen LogP contribution is 2.23. The minimum absolute atomic E-state index is 0.132. The predicted octanol–water partition coefficient (Wildman–Crippen LogP) is 3.97. The summed E-state index contributed by atoms with van der Waals surface area (Å²) in [6, 6.07) is 14.7. The SMILES string of the molecule is Cc1cccc(CSCC(=O)N2CCOC(c3ccc(F)cc3)C2)c1. The van der Waals surface area contributed by atoms with Crippen molar-refractivity contribution in [2.75, 3.05) is 25.4 Å². The number of rotatable bonds is 5. The van der Waals surface area contributed by atoms with E-state index in [1.807, 2.05) is 11.0 Å². The number of carbonyl (C=O) groups is 1. The van der Waals surface area contributed by atoms with Crippen LogP contribution in [0.2, 0.25) is 0 Å². The molecule has 0 aliphatic carbocycles. The lowest BCUT2D eigenvalue weighted by Crippen LogP contribution is -2.43. The van der Waals surface area contributed by atoms with Gasteiger partial charge in [-0.25, -0.2) is 4.39 Å². The van der Waals surface area contributed by atoms with Gasteiger partial charge in [0.1, 0.15) is 11.9 Å². The second-order valence-electron chi connectivity index (χ2n) is 6.23. The van der Waals surface area contributed by atoms with Crippen LogP contribution in [0, 0.1) is 12.7 Å². The fourth-order valence-electron chi connectivity index (χ4n) is 2.90. The highest BCUT2D eigenvalue weighted by atomic mass is 32.2. The molecule has 3 nitrogen and oxygen atoms in total. The highest BCUT2D eigenvalue weighted by Gasteiger charge is 2.25. The van der Waals surface area contributed by atoms with Crippen molar-refractivity contribution in [3.05, 3.63) is 71.0 Å². The van der Waals surface area contributed by atoms with E-state index in [1.165, 1.54) is 23.3 Å². The van der Waals surface area contributed by atoms with Crippen molar-refractivity contribution in [3.63, 3.8) is 0 Å². The number of aryl methyl sites for hydroxylation is 1. The quantitative estimate of drug-likeness (QED) is 0.809. The Morgan fingerprint density at radius 2 is 2.08 bits per heavy atom. The fraction of sp³-hybridized carbons (Fsp3) is 0.350. The summed E-state index contributed by atoms with van der Waals surface area (Å²) in [4.78, 5) is 14.3. The van der Waals surface area contributed by atoms with Gasteiger partial charge in [0.25, 0.3) is 0 Å². The first-order chi connectivity index (χ1) is 12.1. The van der Waals surface area contributed by atoms with Crippen molar-refractivity contribution in [1.29, 1.82) is 0 Å². The Kier molecular flexibility index (Phi) is 6.10. The zero-order valence-electron chi connectivity index (χ0n) is 14.3. The van der Waals surface area contributed by atoms with E-state index in [1.54, 1.807) is 23.9 Å². The predicted molar refractivity (Wildman–Crippen MR) is 99.0 cm³/mol. The fourth-order valence-corrected chi connectivity index (χ4v) is 3.78. The molecule has 132 valence electrons. The molecule has 3 rings (SSSR count). The van der Waals surface area contributed by atoms with Crippen molar-refractivity contribution in [1.82, 2.24) is 4.90 Å². The molecule has 1 amide bonds. The van der Waals surface area contributed by atoms with Crippen LogP contribution >= 0.6 is 11.8 Å². The number of carbonyl (C=O) groups excluding carboxylic acids is 1. The Hall–Kier alpha value is -1.85. The summed E-state index contributed by atoms with van der Waals surface area (Å²) in [5.74, 6) is 1.16. The molecule has 1 fully saturated rings. The van der Waals surface area contributed by atoms with E-state index in [0.29, 0.717) is 25.4 Å². The largest absolute Gasteiger partial charge is 0.370 e. The van der Waals surface area contributed by atoms with E-state index in [-0.39, 0.29) is 17.8 Å². The van der Waals surface area contributed by atoms with Gasteiger partial charge in [-0.2, -0.15) is 0 Å². The number of amides is 1. The minimum Gasteiger partial charge on any atom is -0.370 e. The molecule has 5 heteroatoms. The van der Waals surface area contributed by atoms with Crippen LogP contribution < -0.4 is 0 Å². The first kappa shape index (κ1) is 18.0. The summed E-state index contributed by atoms with van der Waals surface area (Å²) >= 11 is 1.63. The monoisotopic (exact) mass is 359 g/mol. The van der Waals surface area contributed by atoms with Crippen LogP contribution in [0.4, 0.5) is 4.39 Å². The maximum atomic E-state index is 13.1. The lowest BCUT2D eigenvalue weighted by molar-refractivity contribution is -0.136. The van der Waals surface area contributed by atoms with Gasteiger partial charge in [0.05, 0.1) is 18.9 Å². The molecule has 0 N–H and O–H groups in total. The molecule has 1 aliphatic heterocycles. The number of hydrogen-bond donors (Lipinski definition) is 0. The lowest BCUT2D eigenvalue weighted by Gasteiger charge is -2.33. The van der Waals surface area contributed by atoms with Gasteiger partial charge in [-0.3, -0.25) is 4.79 Å². The Labute approximate surface area is 152 Å². The maximum absolute atomic E-state index is 13.1. The summed E-state index contributed by atoms with van der Waals surface area (Å²) in [7, 11) is 0. The van der Waals surface area contributed by atoms with Gasteiger partial charge in [-0.15, -0.1) is 11.8 Å². The van der Waals surface area contributed by atoms with E-state index >= 15 is 0 Å². The third-order valence-corrected chi connectivity index (χ3v) is 5.23. The highest BCUT2D eigenvalue weighted by molar-refractivity contribution is 7.99. The topological polar surface area (TPSA) is 29.5 Å². The molecule has 1 heterocycles. The minimum atomic E-state index is -0.264. The second-order valence-corrected chi connectivity index (χ2v) is 7.22. The Morgan fingerprint density at radius 3 is 2.84 bits per heavy atom. The average molecular weight is 359 g/mol. The number of morpholine rings is 1. The van der Waals surface area contributed by atoms with E-state index in [4.69, 9.17) is 4.74 Å². The Balaban J connectivity index is 1.50. The molecule has 1 saturated heterocycles. The van der Waals surface area contributed by atoms with Crippen molar-refractivity contribution in [2.24, 2.45) is 0 Å². The van der Waals surface area contributed by atoms with Crippen LogP contribution in [0.5, 0.6) is 0 Å². The number of nitrogens with zero attached hydrogens (tertiary/aromatic N) is 1. The van der Waals surface area contributed by atoms with Crippen LogP contribution in [-0.4, -0.2) is 36.3 Å². The molecular formula is C20H22FNO2S. The molecule has 25 heavy (non-hydrogen) atoms. The summed E-state index contributed by atoms with van der Waals surface area (Å²) in [5.41, 5.74) is 3.38. The number of ether oxygens (including phenoxy) is 1. The van der Waals surface area contributed by atoms with Crippen LogP contribution in [0.25, 0.3) is 0 Å². The van der Waals surface area contributed by atoms with E-state index in [0.717, 1.165) is 11.3 Å². The van der Waals surface area contributed by atoms with Gasteiger partial charge in [-0.05, 0) is 30.2 Å². The van der Waals surface area contributed by atoms with Gasteiger partial charge in [0.15, 0.2) is 0 Å². The molecule has 1 atom stereocenters. The first-order valence-corrected chi connectivity index (χ1v) is 9.55. The average Bonchev–Trinajstić information content (AvgIpc) is 2.62. The molecule has 0 radical (unpaired) electrons. The molecule has 0 aromatic heterocycles. The van der Waals surface area contributed by atoms with Crippen LogP contribution in [0.3, 0.4) is 0 Å². The molecule has 0 bridgehead atoms. The summed E-state index contributed by atoms with van der Waals surface area (Å²) in [6.45, 7) is 3.72. The molecule has 2 aromatic carbocycles. The van der Waals surface area contributed by atoms with Crippen molar-refractivity contribution >= 4 is 17.7 Å². The number of thioether (sulfide) groups is 1. The van der Waals surface area contributed by atoms with Crippen LogP contribution in [0.1, 0.15) is 22.8 Å². The smallest absolute Gasteiger partial charge is 0.232 e. The standard InChI is InChI=1S/C20H22FNO2S/c1-15-3-2-4-16(11-15)13-25-14-20(23)22-9-10-24-19(12-22)17-5-7-18(21)8-6-17/h2-8,11,19H,9-10,12-14H2,1H3. The Bertz CT molecular complexity index is 720. The Morgan fingerprint density at radius 1 is 1.28 bits per heavy atom. The zero-order valence-corrected chi connectivity index (χ0v) is 15.1. The lowest BCUT2D eigenvalue weighted by atomic mass is 10.1. The molecular weight excluding hydrogens is 337 g/mol. The first-order valence-electron chi connectivity index (χ1n) is 8.40. The number of benzene rings is 2. The van der Waals surface area contributed by atoms with Gasteiger partial charge >= 0.3 is 0 Å². The van der Waals surface area contributed by atoms with Gasteiger partial charge < -0.3 is 9.64 Å². The molecule has 2 aromatic rings. The second kappa shape index (κ2) is 8.50. The summed E-state index contributed by atoms with van der Waals surface area (Å²) < 4.78 is 18.8. The van der Waals surface area contributed by atoms with E-state index < -0.39 is 0 Å². The van der Waals surface area contributed by atoms with Crippen LogP contribution in [-0.2, 0) is 15.3 Å². The van der Waals surface area contributed by atoms with Crippen molar-refractivity contribution in [2.45, 2.75) is 18.8 Å².